The van der Waals surface area contributed by atoms with E-state index in [0.29, 0.717) is 12.6 Å². The fraction of sp³-hybridized carbons (Fsp3) is 0.538. The summed E-state index contributed by atoms with van der Waals surface area (Å²) in [5, 5.41) is 3.92. The van der Waals surface area contributed by atoms with Gasteiger partial charge in [-0.2, -0.15) is 0 Å². The molecule has 0 spiro atoms. The van der Waals surface area contributed by atoms with Gasteiger partial charge in [-0.1, -0.05) is 35.9 Å². The van der Waals surface area contributed by atoms with Crippen molar-refractivity contribution in [3.8, 4) is 11.5 Å². The van der Waals surface area contributed by atoms with Crippen LogP contribution in [0.3, 0.4) is 0 Å². The Balaban J connectivity index is 1.20. The summed E-state index contributed by atoms with van der Waals surface area (Å²) < 4.78 is 11.7. The van der Waals surface area contributed by atoms with Gasteiger partial charge in [0.25, 0.3) is 0 Å². The number of rotatable bonds is 7. The molecule has 4 aliphatic rings. The highest BCUT2D eigenvalue weighted by Gasteiger charge is 2.47. The van der Waals surface area contributed by atoms with E-state index in [1.54, 1.807) is 7.11 Å². The van der Waals surface area contributed by atoms with Gasteiger partial charge in [-0.05, 0) is 86.0 Å². The number of hydrogen-bond acceptors (Lipinski definition) is 3. The molecule has 29 heavy (non-hydrogen) atoms. The molecule has 4 bridgehead atoms. The molecule has 3 heteroatoms. The van der Waals surface area contributed by atoms with E-state index in [2.05, 4.69) is 54.7 Å². The van der Waals surface area contributed by atoms with Gasteiger partial charge in [0.15, 0.2) is 11.5 Å². The van der Waals surface area contributed by atoms with Crippen LogP contribution in [0.5, 0.6) is 11.5 Å². The minimum Gasteiger partial charge on any atom is -0.493 e. The second kappa shape index (κ2) is 8.02. The smallest absolute Gasteiger partial charge is 0.161 e. The number of methoxy groups -OCH3 is 1. The summed E-state index contributed by atoms with van der Waals surface area (Å²) in [4.78, 5) is 0. The Morgan fingerprint density at radius 3 is 2.14 bits per heavy atom. The number of hydrogen-bond donors (Lipinski definition) is 1. The topological polar surface area (TPSA) is 30.5 Å². The Morgan fingerprint density at radius 2 is 1.48 bits per heavy atom. The highest BCUT2D eigenvalue weighted by Crippen LogP contribution is 2.53. The van der Waals surface area contributed by atoms with E-state index < -0.39 is 0 Å². The van der Waals surface area contributed by atoms with Crippen molar-refractivity contribution in [1.29, 1.82) is 0 Å². The van der Waals surface area contributed by atoms with Crippen LogP contribution in [-0.4, -0.2) is 13.2 Å². The van der Waals surface area contributed by atoms with Crippen LogP contribution in [0.2, 0.25) is 0 Å². The van der Waals surface area contributed by atoms with E-state index in [1.807, 2.05) is 0 Å². The van der Waals surface area contributed by atoms with Crippen LogP contribution >= 0.6 is 0 Å². The first kappa shape index (κ1) is 19.0. The molecule has 0 atom stereocenters. The lowest BCUT2D eigenvalue weighted by molar-refractivity contribution is -0.0142. The predicted octanol–water partition coefficient (Wildman–Crippen LogP) is 5.50. The van der Waals surface area contributed by atoms with Crippen LogP contribution in [-0.2, 0) is 13.2 Å². The molecule has 0 unspecified atom stereocenters. The van der Waals surface area contributed by atoms with E-state index in [0.717, 1.165) is 41.7 Å². The number of nitrogens with one attached hydrogen (secondary N) is 1. The second-order valence-electron chi connectivity index (χ2n) is 9.60. The van der Waals surface area contributed by atoms with Crippen LogP contribution in [0.1, 0.15) is 48.8 Å². The van der Waals surface area contributed by atoms with E-state index in [9.17, 15) is 0 Å². The minimum atomic E-state index is 0.558. The SMILES string of the molecule is COc1cc(CNC2C3CC4CC(C3)CC2C4)ccc1OCc1ccc(C)cc1. The quantitative estimate of drug-likeness (QED) is 0.676. The molecule has 0 aromatic heterocycles. The summed E-state index contributed by atoms with van der Waals surface area (Å²) in [6.07, 6.45) is 7.35. The Hall–Kier alpha value is -2.00. The molecule has 0 heterocycles. The van der Waals surface area contributed by atoms with Gasteiger partial charge in [-0.25, -0.2) is 0 Å². The number of benzene rings is 2. The second-order valence-corrected chi connectivity index (χ2v) is 9.60. The third kappa shape index (κ3) is 4.02. The first-order valence-corrected chi connectivity index (χ1v) is 11.3. The van der Waals surface area contributed by atoms with Gasteiger partial charge in [0.1, 0.15) is 6.61 Å². The van der Waals surface area contributed by atoms with Crippen molar-refractivity contribution >= 4 is 0 Å². The maximum atomic E-state index is 6.04. The monoisotopic (exact) mass is 391 g/mol. The van der Waals surface area contributed by atoms with E-state index >= 15 is 0 Å². The van der Waals surface area contributed by atoms with Crippen molar-refractivity contribution in [2.24, 2.45) is 23.7 Å². The van der Waals surface area contributed by atoms with Gasteiger partial charge in [-0.3, -0.25) is 0 Å². The third-order valence-corrected chi connectivity index (χ3v) is 7.51. The maximum absolute atomic E-state index is 6.04. The lowest BCUT2D eigenvalue weighted by Crippen LogP contribution is -2.54. The zero-order valence-corrected chi connectivity index (χ0v) is 17.7. The van der Waals surface area contributed by atoms with Gasteiger partial charge in [0.05, 0.1) is 7.11 Å². The minimum absolute atomic E-state index is 0.558. The van der Waals surface area contributed by atoms with Crippen LogP contribution in [0.25, 0.3) is 0 Å². The van der Waals surface area contributed by atoms with Crippen molar-refractivity contribution in [2.75, 3.05) is 7.11 Å². The summed E-state index contributed by atoms with van der Waals surface area (Å²) in [6, 6.07) is 15.6. The molecule has 0 saturated heterocycles. The molecule has 4 saturated carbocycles. The molecule has 2 aromatic rings. The van der Waals surface area contributed by atoms with Gasteiger partial charge in [0.2, 0.25) is 0 Å². The van der Waals surface area contributed by atoms with E-state index in [1.165, 1.54) is 48.8 Å². The third-order valence-electron chi connectivity index (χ3n) is 7.51. The molecule has 154 valence electrons. The van der Waals surface area contributed by atoms with Crippen LogP contribution in [0.15, 0.2) is 42.5 Å². The normalized spacial score (nSPS) is 29.8. The van der Waals surface area contributed by atoms with Gasteiger partial charge in [0, 0.05) is 12.6 Å². The largest absolute Gasteiger partial charge is 0.493 e. The molecule has 2 aromatic carbocycles. The Kier molecular flexibility index (Phi) is 5.26. The zero-order chi connectivity index (χ0) is 19.8. The summed E-state index contributed by atoms with van der Waals surface area (Å²) in [5.74, 6) is 5.50. The van der Waals surface area contributed by atoms with E-state index in [4.69, 9.17) is 9.47 Å². The van der Waals surface area contributed by atoms with Crippen LogP contribution < -0.4 is 14.8 Å². The summed E-state index contributed by atoms with van der Waals surface area (Å²) in [6.45, 7) is 3.58. The Morgan fingerprint density at radius 1 is 0.828 bits per heavy atom. The highest BCUT2D eigenvalue weighted by molar-refractivity contribution is 5.43. The Bertz CT molecular complexity index is 816. The van der Waals surface area contributed by atoms with Crippen molar-refractivity contribution in [3.05, 3.63) is 59.2 Å². The summed E-state index contributed by atoms with van der Waals surface area (Å²) in [5.41, 5.74) is 3.71. The lowest BCUT2D eigenvalue weighted by Gasteiger charge is -2.54. The molecule has 0 radical (unpaired) electrons. The lowest BCUT2D eigenvalue weighted by atomic mass is 9.54. The fourth-order valence-electron chi connectivity index (χ4n) is 6.28. The van der Waals surface area contributed by atoms with Crippen molar-refractivity contribution in [1.82, 2.24) is 5.32 Å². The molecular weight excluding hydrogens is 358 g/mol. The molecule has 0 aliphatic heterocycles. The molecule has 0 amide bonds. The van der Waals surface area contributed by atoms with Crippen molar-refractivity contribution < 1.29 is 9.47 Å². The predicted molar refractivity (Wildman–Crippen MR) is 116 cm³/mol. The molecule has 6 rings (SSSR count). The van der Waals surface area contributed by atoms with Crippen molar-refractivity contribution in [2.45, 2.75) is 58.2 Å². The van der Waals surface area contributed by atoms with Gasteiger partial charge >= 0.3 is 0 Å². The molecule has 4 aliphatic carbocycles. The highest BCUT2D eigenvalue weighted by atomic mass is 16.5. The number of aryl methyl sites for hydroxylation is 1. The van der Waals surface area contributed by atoms with E-state index in [-0.39, 0.29) is 0 Å². The summed E-state index contributed by atoms with van der Waals surface area (Å²) >= 11 is 0. The average Bonchev–Trinajstić information content (AvgIpc) is 2.72. The maximum Gasteiger partial charge on any atom is 0.161 e. The fourth-order valence-corrected chi connectivity index (χ4v) is 6.28. The van der Waals surface area contributed by atoms with Crippen LogP contribution in [0.4, 0.5) is 0 Å². The molecule has 4 fully saturated rings. The van der Waals surface area contributed by atoms with Gasteiger partial charge < -0.3 is 14.8 Å². The standard InChI is InChI=1S/C26H33NO2/c1-17-3-5-18(6-4-17)16-29-24-8-7-19(14-25(24)28-2)15-27-26-22-10-20-9-21(12-22)13-23(26)11-20/h3-8,14,20-23,26-27H,9-13,15-16H2,1-2H3. The zero-order valence-electron chi connectivity index (χ0n) is 17.7. The summed E-state index contributed by atoms with van der Waals surface area (Å²) in [7, 11) is 1.73. The number of ether oxygens (including phenoxy) is 2. The van der Waals surface area contributed by atoms with Crippen LogP contribution in [0, 0.1) is 30.6 Å². The molecule has 1 N–H and O–H groups in total. The van der Waals surface area contributed by atoms with Crippen molar-refractivity contribution in [3.63, 3.8) is 0 Å². The first-order chi connectivity index (χ1) is 14.2. The first-order valence-electron chi connectivity index (χ1n) is 11.3. The molecule has 3 nitrogen and oxygen atoms in total. The average molecular weight is 392 g/mol. The Labute approximate surface area is 174 Å². The molecular formula is C26H33NO2. The van der Waals surface area contributed by atoms with Gasteiger partial charge in [-0.15, -0.1) is 0 Å².